The van der Waals surface area contributed by atoms with Gasteiger partial charge in [-0.3, -0.25) is 9.69 Å². The maximum Gasteiger partial charge on any atom is 0.237 e. The van der Waals surface area contributed by atoms with E-state index in [0.717, 1.165) is 31.5 Å². The molecular formula is C16H26N2O2. The molecule has 0 aromatic carbocycles. The number of nitrogens with one attached hydrogen (secondary N) is 1. The molecule has 4 nitrogen and oxygen atoms in total. The van der Waals surface area contributed by atoms with Crippen LogP contribution in [0.2, 0.25) is 0 Å². The predicted molar refractivity (Wildman–Crippen MR) is 82.3 cm³/mol. The smallest absolute Gasteiger partial charge is 0.237 e. The molecule has 20 heavy (non-hydrogen) atoms. The van der Waals surface area contributed by atoms with E-state index in [1.165, 1.54) is 0 Å². The SMILES string of the molecule is C=C(/C=C\C(=C)C(C)CCN(C)C1CCNC1=O)OC. The zero-order chi connectivity index (χ0) is 15.1. The van der Waals surface area contributed by atoms with Gasteiger partial charge in [0.2, 0.25) is 5.91 Å². The second-order valence-electron chi connectivity index (χ2n) is 5.34. The number of carbonyl (C=O) groups excluding carboxylic acids is 1. The Morgan fingerprint density at radius 2 is 2.25 bits per heavy atom. The van der Waals surface area contributed by atoms with Crippen LogP contribution in [0.15, 0.2) is 36.6 Å². The highest BCUT2D eigenvalue weighted by atomic mass is 16.5. The minimum Gasteiger partial charge on any atom is -0.497 e. The highest BCUT2D eigenvalue weighted by molar-refractivity contribution is 5.83. The first-order chi connectivity index (χ1) is 9.45. The van der Waals surface area contributed by atoms with Crippen LogP contribution in [0.5, 0.6) is 0 Å². The molecule has 0 radical (unpaired) electrons. The van der Waals surface area contributed by atoms with Crippen molar-refractivity contribution in [2.45, 2.75) is 25.8 Å². The lowest BCUT2D eigenvalue weighted by Crippen LogP contribution is -2.38. The number of rotatable bonds is 8. The van der Waals surface area contributed by atoms with Gasteiger partial charge in [0, 0.05) is 6.54 Å². The fourth-order valence-electron chi connectivity index (χ4n) is 2.17. The van der Waals surface area contributed by atoms with Crippen LogP contribution in [-0.4, -0.2) is 44.1 Å². The van der Waals surface area contributed by atoms with Crippen LogP contribution in [0.3, 0.4) is 0 Å². The third-order valence-electron chi connectivity index (χ3n) is 3.85. The fourth-order valence-corrected chi connectivity index (χ4v) is 2.17. The topological polar surface area (TPSA) is 41.6 Å². The zero-order valence-corrected chi connectivity index (χ0v) is 12.8. The average molecular weight is 278 g/mol. The van der Waals surface area contributed by atoms with E-state index >= 15 is 0 Å². The Labute approximate surface area is 122 Å². The summed E-state index contributed by atoms with van der Waals surface area (Å²) in [5, 5.41) is 2.87. The lowest BCUT2D eigenvalue weighted by atomic mass is 9.98. The second-order valence-corrected chi connectivity index (χ2v) is 5.34. The number of methoxy groups -OCH3 is 1. The van der Waals surface area contributed by atoms with Crippen LogP contribution in [0.4, 0.5) is 0 Å². The van der Waals surface area contributed by atoms with Crippen molar-refractivity contribution in [2.24, 2.45) is 5.92 Å². The maximum absolute atomic E-state index is 11.6. The predicted octanol–water partition coefficient (Wildman–Crippen LogP) is 2.11. The van der Waals surface area contributed by atoms with Crippen molar-refractivity contribution < 1.29 is 9.53 Å². The highest BCUT2D eigenvalue weighted by Crippen LogP contribution is 2.17. The largest absolute Gasteiger partial charge is 0.497 e. The minimum atomic E-state index is 0.0271. The molecular weight excluding hydrogens is 252 g/mol. The summed E-state index contributed by atoms with van der Waals surface area (Å²) in [6, 6.07) is 0.0271. The Bertz CT molecular complexity index is 401. The highest BCUT2D eigenvalue weighted by Gasteiger charge is 2.27. The number of likely N-dealkylation sites (N-methyl/N-ethyl adjacent to an activating group) is 1. The van der Waals surface area contributed by atoms with E-state index in [1.807, 2.05) is 19.2 Å². The summed E-state index contributed by atoms with van der Waals surface area (Å²) >= 11 is 0. The summed E-state index contributed by atoms with van der Waals surface area (Å²) < 4.78 is 4.98. The first-order valence-corrected chi connectivity index (χ1v) is 7.03. The van der Waals surface area contributed by atoms with Gasteiger partial charge in [-0.25, -0.2) is 0 Å². The molecule has 1 N–H and O–H groups in total. The van der Waals surface area contributed by atoms with Crippen molar-refractivity contribution in [1.29, 1.82) is 0 Å². The van der Waals surface area contributed by atoms with Gasteiger partial charge in [0.05, 0.1) is 13.2 Å². The molecule has 1 aliphatic heterocycles. The van der Waals surface area contributed by atoms with Crippen LogP contribution in [0.1, 0.15) is 19.8 Å². The van der Waals surface area contributed by atoms with E-state index in [-0.39, 0.29) is 11.9 Å². The lowest BCUT2D eigenvalue weighted by molar-refractivity contribution is -0.123. The first-order valence-electron chi connectivity index (χ1n) is 7.03. The van der Waals surface area contributed by atoms with Gasteiger partial charge in [-0.1, -0.05) is 31.7 Å². The summed E-state index contributed by atoms with van der Waals surface area (Å²) in [6.07, 6.45) is 5.65. The number of nitrogens with zero attached hydrogens (tertiary/aromatic N) is 1. The standard InChI is InChI=1S/C16H26N2O2/c1-12(6-7-14(3)20-5)13(2)9-11-18(4)15-8-10-17-16(15)19/h6-7,13,15H,1,3,8-11H2,2,4-5H3,(H,17,19)/b7-6-. The van der Waals surface area contributed by atoms with E-state index < -0.39 is 0 Å². The van der Waals surface area contributed by atoms with Gasteiger partial charge < -0.3 is 10.1 Å². The molecule has 0 spiro atoms. The minimum absolute atomic E-state index is 0.0271. The van der Waals surface area contributed by atoms with Gasteiger partial charge in [-0.05, 0) is 38.4 Å². The molecule has 2 unspecified atom stereocenters. The molecule has 0 aromatic heterocycles. The molecule has 2 atom stereocenters. The number of hydrogen-bond acceptors (Lipinski definition) is 3. The molecule has 112 valence electrons. The molecule has 4 heteroatoms. The Morgan fingerprint density at radius 3 is 2.80 bits per heavy atom. The van der Waals surface area contributed by atoms with E-state index in [4.69, 9.17) is 4.74 Å². The van der Waals surface area contributed by atoms with E-state index in [9.17, 15) is 4.79 Å². The van der Waals surface area contributed by atoms with Crippen LogP contribution >= 0.6 is 0 Å². The molecule has 0 saturated carbocycles. The molecule has 1 amide bonds. The summed E-state index contributed by atoms with van der Waals surface area (Å²) in [6.45, 7) is 11.6. The summed E-state index contributed by atoms with van der Waals surface area (Å²) in [5.41, 5.74) is 1.05. The molecule has 0 aromatic rings. The maximum atomic E-state index is 11.6. The molecule has 1 aliphatic rings. The van der Waals surface area contributed by atoms with E-state index in [1.54, 1.807) is 7.11 Å². The first kappa shape index (κ1) is 16.5. The van der Waals surface area contributed by atoms with E-state index in [0.29, 0.717) is 11.7 Å². The zero-order valence-electron chi connectivity index (χ0n) is 12.8. The monoisotopic (exact) mass is 278 g/mol. The number of hydrogen-bond donors (Lipinski definition) is 1. The van der Waals surface area contributed by atoms with Crippen LogP contribution in [-0.2, 0) is 9.53 Å². The fraction of sp³-hybridized carbons (Fsp3) is 0.562. The third-order valence-corrected chi connectivity index (χ3v) is 3.85. The van der Waals surface area contributed by atoms with Crippen molar-refractivity contribution in [1.82, 2.24) is 10.2 Å². The molecule has 0 bridgehead atoms. The summed E-state index contributed by atoms with van der Waals surface area (Å²) in [7, 11) is 3.61. The van der Waals surface area contributed by atoms with Crippen molar-refractivity contribution >= 4 is 5.91 Å². The van der Waals surface area contributed by atoms with E-state index in [2.05, 4.69) is 30.3 Å². The van der Waals surface area contributed by atoms with Crippen molar-refractivity contribution in [3.8, 4) is 0 Å². The Morgan fingerprint density at radius 1 is 1.55 bits per heavy atom. The van der Waals surface area contributed by atoms with Gasteiger partial charge in [-0.15, -0.1) is 0 Å². The van der Waals surface area contributed by atoms with Gasteiger partial charge >= 0.3 is 0 Å². The Balaban J connectivity index is 2.36. The number of ether oxygens (including phenoxy) is 1. The second kappa shape index (κ2) is 7.90. The van der Waals surface area contributed by atoms with Crippen molar-refractivity contribution in [3.05, 3.63) is 36.6 Å². The molecule has 1 fully saturated rings. The summed E-state index contributed by atoms with van der Waals surface area (Å²) in [5.74, 6) is 1.14. The van der Waals surface area contributed by atoms with Crippen molar-refractivity contribution in [2.75, 3.05) is 27.2 Å². The van der Waals surface area contributed by atoms with Crippen LogP contribution in [0.25, 0.3) is 0 Å². The van der Waals surface area contributed by atoms with Gasteiger partial charge in [-0.2, -0.15) is 0 Å². The van der Waals surface area contributed by atoms with Crippen molar-refractivity contribution in [3.63, 3.8) is 0 Å². The summed E-state index contributed by atoms with van der Waals surface area (Å²) in [4.78, 5) is 13.7. The molecule has 0 aliphatic carbocycles. The molecule has 1 heterocycles. The number of amides is 1. The van der Waals surface area contributed by atoms with Gasteiger partial charge in [0.15, 0.2) is 0 Å². The Hall–Kier alpha value is -1.55. The van der Waals surface area contributed by atoms with Crippen LogP contribution in [0, 0.1) is 5.92 Å². The molecule has 1 saturated heterocycles. The van der Waals surface area contributed by atoms with Gasteiger partial charge in [0.1, 0.15) is 5.76 Å². The quantitative estimate of drug-likeness (QED) is 0.546. The number of carbonyl (C=O) groups is 1. The Kier molecular flexibility index (Phi) is 6.52. The normalized spacial score (nSPS) is 20.2. The van der Waals surface area contributed by atoms with Crippen LogP contribution < -0.4 is 5.32 Å². The average Bonchev–Trinajstić information content (AvgIpc) is 2.87. The van der Waals surface area contributed by atoms with Gasteiger partial charge in [0.25, 0.3) is 0 Å². The lowest BCUT2D eigenvalue weighted by Gasteiger charge is -2.23. The molecule has 1 rings (SSSR count). The third kappa shape index (κ3) is 4.85. The number of allylic oxidation sites excluding steroid dienone is 3.